The Kier molecular flexibility index (Phi) is 7.89. The summed E-state index contributed by atoms with van der Waals surface area (Å²) in [5, 5.41) is 29.7. The molecule has 212 valence electrons. The second-order valence-electron chi connectivity index (χ2n) is 10.00. The van der Waals surface area contributed by atoms with Crippen molar-refractivity contribution >= 4 is 51.2 Å². The molecule has 1 aliphatic rings. The molecule has 0 aliphatic carbocycles. The van der Waals surface area contributed by atoms with E-state index in [0.717, 1.165) is 31.5 Å². The lowest BCUT2D eigenvalue weighted by Gasteiger charge is -2.23. The topological polar surface area (TPSA) is 103 Å². The van der Waals surface area contributed by atoms with Crippen LogP contribution in [0.4, 0.5) is 25.8 Å². The number of benzene rings is 3. The molecule has 42 heavy (non-hydrogen) atoms. The maximum absolute atomic E-state index is 13.9. The average Bonchev–Trinajstić information content (AvgIpc) is 3.49. The van der Waals surface area contributed by atoms with Crippen LogP contribution in [0.1, 0.15) is 41.7 Å². The summed E-state index contributed by atoms with van der Waals surface area (Å²) in [5.74, 6) is -0.910. The van der Waals surface area contributed by atoms with Crippen LogP contribution in [0.3, 0.4) is 0 Å². The second kappa shape index (κ2) is 11.9. The SMILES string of the molecule is N#Cc1cnc2c(NC(c3ccc(F)cc3)c3cn(C4CCNCC4)nn3)cc(Cl)cc2c1Nc1ccc(F)c(Cl)c1. The number of piperidine rings is 1. The Morgan fingerprint density at radius 1 is 1.05 bits per heavy atom. The molecule has 1 saturated heterocycles. The molecular weight excluding hydrogens is 581 g/mol. The van der Waals surface area contributed by atoms with Gasteiger partial charge in [-0.1, -0.05) is 40.5 Å². The highest BCUT2D eigenvalue weighted by Gasteiger charge is 2.24. The highest BCUT2D eigenvalue weighted by Crippen LogP contribution is 2.38. The van der Waals surface area contributed by atoms with Gasteiger partial charge in [0.1, 0.15) is 23.4 Å². The van der Waals surface area contributed by atoms with Gasteiger partial charge in [-0.2, -0.15) is 5.26 Å². The molecule has 3 aromatic carbocycles. The minimum atomic E-state index is -0.555. The molecule has 0 bridgehead atoms. The van der Waals surface area contributed by atoms with Gasteiger partial charge in [0.2, 0.25) is 0 Å². The summed E-state index contributed by atoms with van der Waals surface area (Å²) in [7, 11) is 0. The summed E-state index contributed by atoms with van der Waals surface area (Å²) in [5.41, 5.74) is 3.66. The van der Waals surface area contributed by atoms with Gasteiger partial charge in [-0.05, 0) is 74.0 Å². The standard InChI is InChI=1S/C30H24Cl2F2N8/c31-19-11-23-28(38-21-5-6-25(34)24(32)13-21)18(14-35)15-37-30(23)26(12-19)39-29(17-1-3-20(33)4-2-17)27-16-42(41-40-27)22-7-9-36-10-8-22/h1-6,11-13,15-16,22,29,36,39H,7-10H2,(H,37,38). The fourth-order valence-electron chi connectivity index (χ4n) is 5.13. The monoisotopic (exact) mass is 604 g/mol. The van der Waals surface area contributed by atoms with E-state index in [4.69, 9.17) is 23.2 Å². The number of hydrogen-bond donors (Lipinski definition) is 3. The van der Waals surface area contributed by atoms with Gasteiger partial charge < -0.3 is 16.0 Å². The molecule has 1 atom stereocenters. The van der Waals surface area contributed by atoms with E-state index in [1.54, 1.807) is 24.3 Å². The highest BCUT2D eigenvalue weighted by atomic mass is 35.5. The molecular formula is C30H24Cl2F2N8. The third-order valence-corrected chi connectivity index (χ3v) is 7.76. The van der Waals surface area contributed by atoms with E-state index in [1.807, 2.05) is 10.9 Å². The summed E-state index contributed by atoms with van der Waals surface area (Å²) < 4.78 is 29.6. The van der Waals surface area contributed by atoms with Crippen LogP contribution >= 0.6 is 23.2 Å². The Morgan fingerprint density at radius 2 is 1.83 bits per heavy atom. The maximum Gasteiger partial charge on any atom is 0.141 e. The molecule has 0 saturated carbocycles. The van der Waals surface area contributed by atoms with Crippen LogP contribution in [0, 0.1) is 23.0 Å². The minimum absolute atomic E-state index is 0.0584. The molecule has 1 aliphatic heterocycles. The number of anilines is 3. The van der Waals surface area contributed by atoms with Gasteiger partial charge in [0, 0.05) is 22.3 Å². The smallest absolute Gasteiger partial charge is 0.141 e. The molecule has 6 rings (SSSR count). The van der Waals surface area contributed by atoms with E-state index in [1.165, 1.54) is 36.5 Å². The predicted octanol–water partition coefficient (Wildman–Crippen LogP) is 7.15. The number of rotatable bonds is 7. The number of nitrogens with one attached hydrogen (secondary N) is 3. The highest BCUT2D eigenvalue weighted by molar-refractivity contribution is 6.32. The number of hydrogen-bond acceptors (Lipinski definition) is 7. The maximum atomic E-state index is 13.9. The number of nitrogens with zero attached hydrogens (tertiary/aromatic N) is 5. The van der Waals surface area contributed by atoms with E-state index >= 15 is 0 Å². The van der Waals surface area contributed by atoms with Crippen LogP contribution in [0.2, 0.25) is 10.0 Å². The van der Waals surface area contributed by atoms with Gasteiger partial charge in [-0.25, -0.2) is 13.5 Å². The van der Waals surface area contributed by atoms with Crippen molar-refractivity contribution in [3.05, 3.63) is 105 Å². The Balaban J connectivity index is 1.43. The van der Waals surface area contributed by atoms with Crippen LogP contribution in [0.5, 0.6) is 0 Å². The van der Waals surface area contributed by atoms with Crippen molar-refractivity contribution in [3.63, 3.8) is 0 Å². The molecule has 3 N–H and O–H groups in total. The van der Waals surface area contributed by atoms with E-state index in [0.29, 0.717) is 38.7 Å². The summed E-state index contributed by atoms with van der Waals surface area (Å²) in [4.78, 5) is 4.58. The number of nitriles is 1. The van der Waals surface area contributed by atoms with E-state index in [-0.39, 0.29) is 22.4 Å². The molecule has 0 spiro atoms. The van der Waals surface area contributed by atoms with Crippen LogP contribution in [0.25, 0.3) is 10.9 Å². The second-order valence-corrected chi connectivity index (χ2v) is 10.8. The first-order valence-corrected chi connectivity index (χ1v) is 14.0. The third kappa shape index (κ3) is 5.72. The minimum Gasteiger partial charge on any atom is -0.371 e. The van der Waals surface area contributed by atoms with Crippen molar-refractivity contribution < 1.29 is 8.78 Å². The Morgan fingerprint density at radius 3 is 2.57 bits per heavy atom. The van der Waals surface area contributed by atoms with Crippen LogP contribution in [0.15, 0.2) is 67.0 Å². The molecule has 0 amide bonds. The van der Waals surface area contributed by atoms with Crippen molar-refractivity contribution in [2.45, 2.75) is 24.9 Å². The summed E-state index contributed by atoms with van der Waals surface area (Å²) in [6, 6.07) is 15.7. The zero-order valence-electron chi connectivity index (χ0n) is 22.1. The predicted molar refractivity (Wildman–Crippen MR) is 159 cm³/mol. The molecule has 1 fully saturated rings. The molecule has 2 aromatic heterocycles. The quantitative estimate of drug-likeness (QED) is 0.181. The number of pyridine rings is 1. The van der Waals surface area contributed by atoms with Gasteiger partial charge in [0.15, 0.2) is 0 Å². The molecule has 12 heteroatoms. The first-order chi connectivity index (χ1) is 20.4. The van der Waals surface area contributed by atoms with E-state index < -0.39 is 11.9 Å². The lowest BCUT2D eigenvalue weighted by Crippen LogP contribution is -2.29. The zero-order chi connectivity index (χ0) is 29.2. The molecule has 8 nitrogen and oxygen atoms in total. The van der Waals surface area contributed by atoms with Crippen molar-refractivity contribution in [3.8, 4) is 6.07 Å². The third-order valence-electron chi connectivity index (χ3n) is 7.26. The molecule has 1 unspecified atom stereocenters. The van der Waals surface area contributed by atoms with E-state index in [2.05, 4.69) is 37.3 Å². The fraction of sp³-hybridized carbons (Fsp3) is 0.200. The van der Waals surface area contributed by atoms with Crippen molar-refractivity contribution in [2.24, 2.45) is 0 Å². The van der Waals surface area contributed by atoms with Gasteiger partial charge >= 0.3 is 0 Å². The van der Waals surface area contributed by atoms with Gasteiger partial charge in [-0.3, -0.25) is 4.98 Å². The van der Waals surface area contributed by atoms with Gasteiger partial charge in [0.05, 0.1) is 45.8 Å². The number of fused-ring (bicyclic) bond motifs is 1. The summed E-state index contributed by atoms with van der Waals surface area (Å²) >= 11 is 12.6. The fourth-order valence-corrected chi connectivity index (χ4v) is 5.53. The van der Waals surface area contributed by atoms with E-state index in [9.17, 15) is 14.0 Å². The first kappa shape index (κ1) is 27.8. The zero-order valence-corrected chi connectivity index (χ0v) is 23.6. The molecule has 0 radical (unpaired) electrons. The number of halogens is 4. The van der Waals surface area contributed by atoms with Crippen molar-refractivity contribution in [2.75, 3.05) is 23.7 Å². The Hall–Kier alpha value is -4.30. The summed E-state index contributed by atoms with van der Waals surface area (Å²) in [6.07, 6.45) is 5.25. The number of aromatic nitrogens is 4. The van der Waals surface area contributed by atoms with Crippen molar-refractivity contribution in [1.29, 1.82) is 5.26 Å². The lowest BCUT2D eigenvalue weighted by atomic mass is 10.0. The van der Waals surface area contributed by atoms with Gasteiger partial charge in [-0.15, -0.1) is 5.10 Å². The lowest BCUT2D eigenvalue weighted by molar-refractivity contribution is 0.337. The summed E-state index contributed by atoms with van der Waals surface area (Å²) in [6.45, 7) is 1.82. The average molecular weight is 605 g/mol. The van der Waals surface area contributed by atoms with Crippen LogP contribution in [-0.4, -0.2) is 33.1 Å². The Labute approximate surface area is 250 Å². The largest absolute Gasteiger partial charge is 0.371 e. The normalized spacial score (nSPS) is 14.5. The van der Waals surface area contributed by atoms with Gasteiger partial charge in [0.25, 0.3) is 0 Å². The molecule has 3 heterocycles. The Bertz CT molecular complexity index is 1800. The molecule has 5 aromatic rings. The van der Waals surface area contributed by atoms with Crippen molar-refractivity contribution in [1.82, 2.24) is 25.3 Å². The first-order valence-electron chi connectivity index (χ1n) is 13.3. The van der Waals surface area contributed by atoms with Crippen LogP contribution < -0.4 is 16.0 Å². The van der Waals surface area contributed by atoms with Crippen LogP contribution in [-0.2, 0) is 0 Å².